The Morgan fingerprint density at radius 3 is 2.67 bits per heavy atom. The Bertz CT molecular complexity index is 468. The molecule has 0 fully saturated rings. The summed E-state index contributed by atoms with van der Waals surface area (Å²) >= 11 is 8.91. The Labute approximate surface area is 100 Å². The summed E-state index contributed by atoms with van der Waals surface area (Å²) in [7, 11) is 0. The van der Waals surface area contributed by atoms with Crippen molar-refractivity contribution in [2.45, 2.75) is 12.8 Å². The van der Waals surface area contributed by atoms with Gasteiger partial charge < -0.3 is 0 Å². The smallest absolute Gasteiger partial charge is 0.156 e. The molecule has 0 saturated heterocycles. The molecule has 1 nitrogen and oxygen atoms in total. The highest BCUT2D eigenvalue weighted by Crippen LogP contribution is 2.34. The molecule has 78 valence electrons. The fraction of sp³-hybridized carbons (Fsp3) is 0.182. The number of rotatable bonds is 1. The van der Waals surface area contributed by atoms with Crippen LogP contribution in [0.15, 0.2) is 22.7 Å². The molecule has 1 aromatic carbocycles. The predicted molar refractivity (Wildman–Crippen MR) is 61.3 cm³/mol. The monoisotopic (exact) mass is 288 g/mol. The van der Waals surface area contributed by atoms with E-state index >= 15 is 0 Å². The molecule has 4 heteroatoms. The van der Waals surface area contributed by atoms with Gasteiger partial charge in [0.15, 0.2) is 5.78 Å². The molecule has 0 saturated carbocycles. The number of benzene rings is 1. The minimum atomic E-state index is -0.466. The van der Waals surface area contributed by atoms with Gasteiger partial charge in [0.25, 0.3) is 0 Å². The van der Waals surface area contributed by atoms with E-state index in [2.05, 4.69) is 15.9 Å². The van der Waals surface area contributed by atoms with Gasteiger partial charge in [0.05, 0.1) is 5.02 Å². The van der Waals surface area contributed by atoms with E-state index in [4.69, 9.17) is 11.6 Å². The van der Waals surface area contributed by atoms with E-state index in [1.54, 1.807) is 12.1 Å². The Kier molecular flexibility index (Phi) is 2.94. The summed E-state index contributed by atoms with van der Waals surface area (Å²) in [6.45, 7) is 0. The van der Waals surface area contributed by atoms with Crippen LogP contribution in [0.25, 0.3) is 5.57 Å². The number of halogens is 3. The summed E-state index contributed by atoms with van der Waals surface area (Å²) in [6.07, 6.45) is 2.54. The van der Waals surface area contributed by atoms with Gasteiger partial charge in [-0.05, 0) is 40.1 Å². The first-order valence-corrected chi connectivity index (χ1v) is 5.64. The van der Waals surface area contributed by atoms with Crippen molar-refractivity contribution >= 4 is 38.9 Å². The van der Waals surface area contributed by atoms with E-state index in [0.717, 1.165) is 5.57 Å². The summed E-state index contributed by atoms with van der Waals surface area (Å²) in [5.74, 6) is -0.421. The van der Waals surface area contributed by atoms with Gasteiger partial charge in [-0.1, -0.05) is 17.7 Å². The molecule has 0 aliphatic heterocycles. The molecule has 15 heavy (non-hydrogen) atoms. The maximum absolute atomic E-state index is 13.7. The average Bonchev–Trinajstić information content (AvgIpc) is 2.61. The zero-order valence-corrected chi connectivity index (χ0v) is 10.0. The van der Waals surface area contributed by atoms with E-state index in [0.29, 0.717) is 22.9 Å². The second kappa shape index (κ2) is 4.06. The third-order valence-electron chi connectivity index (χ3n) is 2.36. The zero-order valence-electron chi connectivity index (χ0n) is 7.69. The first kappa shape index (κ1) is 10.8. The molecular formula is C11H7BrClFO. The fourth-order valence-electron chi connectivity index (χ4n) is 1.58. The molecule has 0 aromatic heterocycles. The highest BCUT2D eigenvalue weighted by atomic mass is 79.9. The first-order valence-electron chi connectivity index (χ1n) is 4.47. The van der Waals surface area contributed by atoms with Crippen molar-refractivity contribution in [3.8, 4) is 0 Å². The van der Waals surface area contributed by atoms with Crippen molar-refractivity contribution in [2.24, 2.45) is 0 Å². The predicted octanol–water partition coefficient (Wildman–Crippen LogP) is 3.99. The fourth-order valence-corrected chi connectivity index (χ4v) is 2.05. The minimum Gasteiger partial charge on any atom is -0.295 e. The van der Waals surface area contributed by atoms with Gasteiger partial charge in [-0.3, -0.25) is 4.79 Å². The van der Waals surface area contributed by atoms with Gasteiger partial charge in [-0.15, -0.1) is 0 Å². The largest absolute Gasteiger partial charge is 0.295 e. The van der Waals surface area contributed by atoms with Gasteiger partial charge in [0, 0.05) is 16.5 Å². The van der Waals surface area contributed by atoms with E-state index < -0.39 is 5.82 Å². The lowest BCUT2D eigenvalue weighted by atomic mass is 10.1. The quantitative estimate of drug-likeness (QED) is 0.715. The lowest BCUT2D eigenvalue weighted by Crippen LogP contribution is -1.89. The summed E-state index contributed by atoms with van der Waals surface area (Å²) < 4.78 is 14.3. The summed E-state index contributed by atoms with van der Waals surface area (Å²) in [5, 5.41) is 0.0627. The maximum Gasteiger partial charge on any atom is 0.156 e. The number of ketones is 1. The van der Waals surface area contributed by atoms with Crippen LogP contribution in [0, 0.1) is 5.82 Å². The summed E-state index contributed by atoms with van der Waals surface area (Å²) in [5.41, 5.74) is 1.15. The number of hydrogen-bond donors (Lipinski definition) is 0. The molecule has 1 aliphatic rings. The van der Waals surface area contributed by atoms with Crippen LogP contribution in [-0.4, -0.2) is 5.78 Å². The molecule has 0 heterocycles. The van der Waals surface area contributed by atoms with Crippen LogP contribution in [0.4, 0.5) is 4.39 Å². The van der Waals surface area contributed by atoms with Gasteiger partial charge in [0.2, 0.25) is 0 Å². The normalized spacial score (nSPS) is 15.7. The molecule has 0 amide bonds. The second-order valence-electron chi connectivity index (χ2n) is 3.36. The number of carbonyl (C=O) groups is 1. The van der Waals surface area contributed by atoms with E-state index in [1.165, 1.54) is 6.08 Å². The van der Waals surface area contributed by atoms with Crippen LogP contribution >= 0.6 is 27.5 Å². The van der Waals surface area contributed by atoms with Gasteiger partial charge in [-0.25, -0.2) is 4.39 Å². The molecule has 2 rings (SSSR count). The van der Waals surface area contributed by atoms with Crippen molar-refractivity contribution < 1.29 is 9.18 Å². The Hall–Kier alpha value is -0.670. The van der Waals surface area contributed by atoms with E-state index in [9.17, 15) is 9.18 Å². The molecular weight excluding hydrogens is 282 g/mol. The van der Waals surface area contributed by atoms with E-state index in [-0.39, 0.29) is 10.8 Å². The van der Waals surface area contributed by atoms with Crippen LogP contribution in [0.2, 0.25) is 5.02 Å². The van der Waals surface area contributed by atoms with Crippen LogP contribution in [0.5, 0.6) is 0 Å². The lowest BCUT2D eigenvalue weighted by Gasteiger charge is -2.06. The van der Waals surface area contributed by atoms with Crippen LogP contribution in [0.1, 0.15) is 18.4 Å². The van der Waals surface area contributed by atoms with Gasteiger partial charge in [-0.2, -0.15) is 0 Å². The topological polar surface area (TPSA) is 17.1 Å². The summed E-state index contributed by atoms with van der Waals surface area (Å²) in [6, 6.07) is 3.32. The van der Waals surface area contributed by atoms with Crippen molar-refractivity contribution in [3.05, 3.63) is 39.1 Å². The second-order valence-corrected chi connectivity index (χ2v) is 4.59. The zero-order chi connectivity index (χ0) is 11.0. The van der Waals surface area contributed by atoms with Crippen molar-refractivity contribution in [2.75, 3.05) is 0 Å². The Morgan fingerprint density at radius 1 is 1.33 bits per heavy atom. The Balaban J connectivity index is 2.50. The molecule has 0 atom stereocenters. The van der Waals surface area contributed by atoms with Crippen molar-refractivity contribution in [3.63, 3.8) is 0 Å². The molecule has 0 spiro atoms. The van der Waals surface area contributed by atoms with Crippen molar-refractivity contribution in [1.29, 1.82) is 0 Å². The van der Waals surface area contributed by atoms with Crippen LogP contribution < -0.4 is 0 Å². The molecule has 0 N–H and O–H groups in total. The standard InChI is InChI=1S/C11H7BrClFO/c12-9-4-3-8(11(14)10(9)13)6-1-2-7(15)5-6/h3-5H,1-2H2. The minimum absolute atomic E-state index is 0.0449. The lowest BCUT2D eigenvalue weighted by molar-refractivity contribution is -0.114. The van der Waals surface area contributed by atoms with Gasteiger partial charge in [0.1, 0.15) is 5.82 Å². The highest BCUT2D eigenvalue weighted by Gasteiger charge is 2.18. The maximum atomic E-state index is 13.7. The molecule has 1 aromatic rings. The van der Waals surface area contributed by atoms with Crippen LogP contribution in [-0.2, 0) is 4.79 Å². The number of allylic oxidation sites excluding steroid dienone is 2. The number of hydrogen-bond acceptors (Lipinski definition) is 1. The third-order valence-corrected chi connectivity index (χ3v) is 3.62. The summed E-state index contributed by atoms with van der Waals surface area (Å²) in [4.78, 5) is 11.0. The van der Waals surface area contributed by atoms with E-state index in [1.807, 2.05) is 0 Å². The molecule has 0 radical (unpaired) electrons. The number of carbonyl (C=O) groups excluding carboxylic acids is 1. The SMILES string of the molecule is O=C1C=C(c2ccc(Br)c(Cl)c2F)CC1. The molecule has 0 bridgehead atoms. The third kappa shape index (κ3) is 1.99. The molecule has 0 unspecified atom stereocenters. The van der Waals surface area contributed by atoms with Crippen molar-refractivity contribution in [1.82, 2.24) is 0 Å². The molecule has 1 aliphatic carbocycles. The van der Waals surface area contributed by atoms with Gasteiger partial charge >= 0.3 is 0 Å². The highest BCUT2D eigenvalue weighted by molar-refractivity contribution is 9.10. The Morgan fingerprint density at radius 2 is 2.07 bits per heavy atom. The first-order chi connectivity index (χ1) is 7.09. The average molecular weight is 290 g/mol. The van der Waals surface area contributed by atoms with Crippen LogP contribution in [0.3, 0.4) is 0 Å².